The molecule has 1 aromatic heterocycles. The summed E-state index contributed by atoms with van der Waals surface area (Å²) < 4.78 is 44.8. The molecule has 0 bridgehead atoms. The van der Waals surface area contributed by atoms with Gasteiger partial charge in [0.1, 0.15) is 6.10 Å². The number of para-hydroxylation sites is 1. The van der Waals surface area contributed by atoms with Crippen LogP contribution in [0.15, 0.2) is 42.7 Å². The maximum atomic E-state index is 13.0. The van der Waals surface area contributed by atoms with E-state index in [1.54, 1.807) is 18.5 Å². The van der Waals surface area contributed by atoms with Crippen LogP contribution in [0.25, 0.3) is 0 Å². The lowest BCUT2D eigenvalue weighted by atomic mass is 10.1. The van der Waals surface area contributed by atoms with Gasteiger partial charge in [0.25, 0.3) is 0 Å². The molecule has 0 saturated carbocycles. The fraction of sp³-hybridized carbons (Fsp3) is 0.353. The van der Waals surface area contributed by atoms with Gasteiger partial charge in [-0.15, -0.1) is 0 Å². The highest BCUT2D eigenvalue weighted by atomic mass is 19.4. The molecule has 3 rings (SSSR count). The summed E-state index contributed by atoms with van der Waals surface area (Å²) in [6.45, 7) is 0.688. The maximum absolute atomic E-state index is 13.0. The number of likely N-dealkylation sites (tertiary alicyclic amines) is 1. The van der Waals surface area contributed by atoms with Crippen LogP contribution < -0.4 is 10.1 Å². The van der Waals surface area contributed by atoms with Crippen molar-refractivity contribution in [2.45, 2.75) is 25.1 Å². The number of ether oxygens (including phenoxy) is 1. The van der Waals surface area contributed by atoms with Crippen LogP contribution in [-0.2, 0) is 6.18 Å². The molecule has 2 amide bonds. The molecule has 26 heavy (non-hydrogen) atoms. The molecule has 9 heteroatoms. The third-order valence-corrected chi connectivity index (χ3v) is 3.95. The summed E-state index contributed by atoms with van der Waals surface area (Å²) in [5.74, 6) is 0. The number of rotatable bonds is 3. The molecule has 1 unspecified atom stereocenters. The Balaban J connectivity index is 1.65. The van der Waals surface area contributed by atoms with Gasteiger partial charge in [-0.25, -0.2) is 14.8 Å². The van der Waals surface area contributed by atoms with E-state index < -0.39 is 17.8 Å². The fourth-order valence-electron chi connectivity index (χ4n) is 2.75. The third-order valence-electron chi connectivity index (χ3n) is 3.95. The molecular weight excluding hydrogens is 349 g/mol. The van der Waals surface area contributed by atoms with Crippen molar-refractivity contribution in [2.75, 3.05) is 18.4 Å². The summed E-state index contributed by atoms with van der Waals surface area (Å²) in [4.78, 5) is 21.8. The topological polar surface area (TPSA) is 67.4 Å². The molecular formula is C17H17F3N4O2. The molecule has 1 aliphatic rings. The highest BCUT2D eigenvalue weighted by Crippen LogP contribution is 2.34. The number of carbonyl (C=O) groups excluding carboxylic acids is 1. The fourth-order valence-corrected chi connectivity index (χ4v) is 2.75. The average molecular weight is 366 g/mol. The van der Waals surface area contributed by atoms with E-state index in [2.05, 4.69) is 15.3 Å². The minimum atomic E-state index is -4.54. The molecule has 2 heterocycles. The van der Waals surface area contributed by atoms with Crippen LogP contribution in [-0.4, -0.2) is 40.1 Å². The number of nitrogens with one attached hydrogen (secondary N) is 1. The van der Waals surface area contributed by atoms with E-state index in [9.17, 15) is 18.0 Å². The van der Waals surface area contributed by atoms with E-state index in [0.29, 0.717) is 19.4 Å². The standard InChI is InChI=1S/C17H17F3N4O2/c18-17(19,20)13-6-1-2-7-14(13)23-16(25)24-10-3-5-12(11-24)26-15-21-8-4-9-22-15/h1-2,4,6-9,12H,3,5,10-11H2,(H,23,25). The zero-order chi connectivity index (χ0) is 18.6. The van der Waals surface area contributed by atoms with Gasteiger partial charge in [0.05, 0.1) is 17.8 Å². The number of amides is 2. The van der Waals surface area contributed by atoms with E-state index in [1.165, 1.54) is 23.1 Å². The summed E-state index contributed by atoms with van der Waals surface area (Å²) in [6.07, 6.45) is -0.377. The quantitative estimate of drug-likeness (QED) is 0.902. The Morgan fingerprint density at radius 2 is 1.92 bits per heavy atom. The van der Waals surface area contributed by atoms with Gasteiger partial charge in [-0.1, -0.05) is 12.1 Å². The Bertz CT molecular complexity index is 755. The van der Waals surface area contributed by atoms with Gasteiger partial charge < -0.3 is 15.0 Å². The molecule has 2 aromatic rings. The molecule has 0 radical (unpaired) electrons. The second-order valence-electron chi connectivity index (χ2n) is 5.83. The SMILES string of the molecule is O=C(Nc1ccccc1C(F)(F)F)N1CCCC(Oc2ncccn2)C1. The van der Waals surface area contributed by atoms with Gasteiger partial charge in [-0.05, 0) is 31.0 Å². The molecule has 1 saturated heterocycles. The van der Waals surface area contributed by atoms with Crippen molar-refractivity contribution in [3.8, 4) is 6.01 Å². The first kappa shape index (κ1) is 18.0. The van der Waals surface area contributed by atoms with Crippen molar-refractivity contribution in [1.29, 1.82) is 0 Å². The van der Waals surface area contributed by atoms with Crippen LogP contribution >= 0.6 is 0 Å². The highest BCUT2D eigenvalue weighted by molar-refractivity contribution is 5.90. The lowest BCUT2D eigenvalue weighted by Gasteiger charge is -2.32. The van der Waals surface area contributed by atoms with Gasteiger partial charge in [0.2, 0.25) is 0 Å². The van der Waals surface area contributed by atoms with Crippen molar-refractivity contribution < 1.29 is 22.7 Å². The Labute approximate surface area is 148 Å². The van der Waals surface area contributed by atoms with E-state index in [-0.39, 0.29) is 24.3 Å². The van der Waals surface area contributed by atoms with Crippen LogP contribution in [0.5, 0.6) is 6.01 Å². The van der Waals surface area contributed by atoms with E-state index in [0.717, 1.165) is 6.07 Å². The first-order valence-electron chi connectivity index (χ1n) is 8.09. The summed E-state index contributed by atoms with van der Waals surface area (Å²) in [6, 6.07) is 6.17. The number of hydrogen-bond acceptors (Lipinski definition) is 4. The number of nitrogens with zero attached hydrogens (tertiary/aromatic N) is 3. The molecule has 1 N–H and O–H groups in total. The summed E-state index contributed by atoms with van der Waals surface area (Å²) in [5.41, 5.74) is -1.14. The number of carbonyl (C=O) groups is 1. The van der Waals surface area contributed by atoms with Crippen molar-refractivity contribution in [3.05, 3.63) is 48.3 Å². The van der Waals surface area contributed by atoms with Crippen molar-refractivity contribution in [2.24, 2.45) is 0 Å². The van der Waals surface area contributed by atoms with Gasteiger partial charge in [-0.2, -0.15) is 13.2 Å². The Morgan fingerprint density at radius 1 is 1.19 bits per heavy atom. The molecule has 1 atom stereocenters. The van der Waals surface area contributed by atoms with Gasteiger partial charge in [-0.3, -0.25) is 0 Å². The van der Waals surface area contributed by atoms with Crippen LogP contribution in [0.3, 0.4) is 0 Å². The third kappa shape index (κ3) is 4.41. The van der Waals surface area contributed by atoms with Crippen LogP contribution in [0.2, 0.25) is 0 Å². The number of urea groups is 1. The number of aromatic nitrogens is 2. The van der Waals surface area contributed by atoms with Gasteiger partial charge >= 0.3 is 18.2 Å². The van der Waals surface area contributed by atoms with Crippen LogP contribution in [0.1, 0.15) is 18.4 Å². The lowest BCUT2D eigenvalue weighted by molar-refractivity contribution is -0.136. The average Bonchev–Trinajstić information content (AvgIpc) is 2.62. The summed E-state index contributed by atoms with van der Waals surface area (Å²) in [7, 11) is 0. The minimum Gasteiger partial charge on any atom is -0.458 e. The van der Waals surface area contributed by atoms with Crippen molar-refractivity contribution in [3.63, 3.8) is 0 Å². The largest absolute Gasteiger partial charge is 0.458 e. The first-order valence-corrected chi connectivity index (χ1v) is 8.09. The van der Waals surface area contributed by atoms with E-state index in [1.807, 2.05) is 0 Å². The van der Waals surface area contributed by atoms with Crippen molar-refractivity contribution >= 4 is 11.7 Å². The predicted octanol–water partition coefficient (Wildman–Crippen LogP) is 3.57. The van der Waals surface area contributed by atoms with E-state index in [4.69, 9.17) is 4.74 Å². The highest BCUT2D eigenvalue weighted by Gasteiger charge is 2.34. The summed E-state index contributed by atoms with van der Waals surface area (Å²) in [5, 5.41) is 2.35. The normalized spacial score (nSPS) is 17.7. The second-order valence-corrected chi connectivity index (χ2v) is 5.83. The Kier molecular flexibility index (Phi) is 5.24. The molecule has 6 nitrogen and oxygen atoms in total. The molecule has 0 aliphatic carbocycles. The monoisotopic (exact) mass is 366 g/mol. The zero-order valence-electron chi connectivity index (χ0n) is 13.7. The van der Waals surface area contributed by atoms with Crippen LogP contribution in [0, 0.1) is 0 Å². The second kappa shape index (κ2) is 7.59. The summed E-state index contributed by atoms with van der Waals surface area (Å²) >= 11 is 0. The first-order chi connectivity index (χ1) is 12.4. The number of alkyl halides is 3. The van der Waals surface area contributed by atoms with E-state index >= 15 is 0 Å². The number of hydrogen-bond donors (Lipinski definition) is 1. The number of halogens is 3. The maximum Gasteiger partial charge on any atom is 0.418 e. The molecule has 1 aliphatic heterocycles. The zero-order valence-corrected chi connectivity index (χ0v) is 13.7. The lowest BCUT2D eigenvalue weighted by Crippen LogP contribution is -2.46. The molecule has 138 valence electrons. The Hall–Kier alpha value is -2.84. The van der Waals surface area contributed by atoms with Crippen molar-refractivity contribution in [1.82, 2.24) is 14.9 Å². The predicted molar refractivity (Wildman–Crippen MR) is 87.7 cm³/mol. The molecule has 1 aromatic carbocycles. The molecule has 1 fully saturated rings. The smallest absolute Gasteiger partial charge is 0.418 e. The minimum absolute atomic E-state index is 0.210. The Morgan fingerprint density at radius 3 is 2.65 bits per heavy atom. The van der Waals surface area contributed by atoms with Gasteiger partial charge in [0.15, 0.2) is 0 Å². The molecule has 0 spiro atoms. The number of anilines is 1. The van der Waals surface area contributed by atoms with Gasteiger partial charge in [0, 0.05) is 18.9 Å². The number of piperidine rings is 1. The van der Waals surface area contributed by atoms with Crippen LogP contribution in [0.4, 0.5) is 23.7 Å². The number of benzene rings is 1.